The molecule has 26 heavy (non-hydrogen) atoms. The van der Waals surface area contributed by atoms with Gasteiger partial charge in [-0.05, 0) is 43.3 Å². The first-order chi connectivity index (χ1) is 12.6. The van der Waals surface area contributed by atoms with E-state index in [1.54, 1.807) is 61.7 Å². The van der Waals surface area contributed by atoms with Gasteiger partial charge in [-0.3, -0.25) is 9.78 Å². The highest BCUT2D eigenvalue weighted by Gasteiger charge is 2.16. The summed E-state index contributed by atoms with van der Waals surface area (Å²) in [5, 5.41) is 24.5. The molecule has 2 aromatic carbocycles. The number of pyridine rings is 1. The Labute approximate surface area is 150 Å². The second kappa shape index (κ2) is 7.48. The van der Waals surface area contributed by atoms with Crippen molar-refractivity contribution in [3.63, 3.8) is 0 Å². The number of benzene rings is 2. The van der Waals surface area contributed by atoms with Gasteiger partial charge in [-0.15, -0.1) is 0 Å². The van der Waals surface area contributed by atoms with E-state index >= 15 is 0 Å². The average Bonchev–Trinajstić information content (AvgIpc) is 2.64. The molecule has 6 heteroatoms. The Balaban J connectivity index is 2.03. The van der Waals surface area contributed by atoms with Gasteiger partial charge in [0.1, 0.15) is 17.2 Å². The number of hydrogen-bond donors (Lipinski definition) is 3. The lowest BCUT2D eigenvalue weighted by atomic mass is 10.0. The maximum absolute atomic E-state index is 12.4. The van der Waals surface area contributed by atoms with Crippen molar-refractivity contribution in [2.75, 3.05) is 0 Å². The number of phenolic OH excluding ortho intramolecular Hbond substituents is 2. The van der Waals surface area contributed by atoms with Crippen molar-refractivity contribution in [2.45, 2.75) is 6.92 Å². The number of nitrogens with zero attached hydrogens (tertiary/aromatic N) is 2. The summed E-state index contributed by atoms with van der Waals surface area (Å²) in [5.74, 6) is -0.457. The fourth-order valence-electron chi connectivity index (χ4n) is 2.50. The smallest absolute Gasteiger partial charge is 0.273 e. The predicted molar refractivity (Wildman–Crippen MR) is 98.3 cm³/mol. The maximum atomic E-state index is 12.4. The molecule has 0 aliphatic rings. The van der Waals surface area contributed by atoms with Gasteiger partial charge in [-0.1, -0.05) is 24.3 Å². The zero-order valence-corrected chi connectivity index (χ0v) is 14.0. The van der Waals surface area contributed by atoms with E-state index in [1.807, 2.05) is 0 Å². The van der Waals surface area contributed by atoms with Crippen LogP contribution in [0.3, 0.4) is 0 Å². The SMILES string of the molecule is Cc1ncccc1C(=O)NN=C(c1ccccc1O)c1ccccc1O. The molecule has 0 saturated heterocycles. The Morgan fingerprint density at radius 3 is 1.96 bits per heavy atom. The van der Waals surface area contributed by atoms with Crippen molar-refractivity contribution >= 4 is 11.6 Å². The fraction of sp³-hybridized carbons (Fsp3) is 0.0500. The highest BCUT2D eigenvalue weighted by atomic mass is 16.3. The van der Waals surface area contributed by atoms with Crippen LogP contribution in [0.15, 0.2) is 72.0 Å². The highest BCUT2D eigenvalue weighted by Crippen LogP contribution is 2.25. The molecule has 0 aliphatic heterocycles. The van der Waals surface area contributed by atoms with Gasteiger partial charge in [-0.25, -0.2) is 5.43 Å². The topological polar surface area (TPSA) is 94.8 Å². The summed E-state index contributed by atoms with van der Waals surface area (Å²) in [6.07, 6.45) is 1.60. The van der Waals surface area contributed by atoms with Crippen LogP contribution in [0.1, 0.15) is 27.2 Å². The Morgan fingerprint density at radius 1 is 0.885 bits per heavy atom. The largest absolute Gasteiger partial charge is 0.507 e. The third kappa shape index (κ3) is 3.54. The number of hydrogen-bond acceptors (Lipinski definition) is 5. The van der Waals surface area contributed by atoms with Crippen molar-refractivity contribution < 1.29 is 15.0 Å². The van der Waals surface area contributed by atoms with E-state index in [4.69, 9.17) is 0 Å². The monoisotopic (exact) mass is 347 g/mol. The summed E-state index contributed by atoms with van der Waals surface area (Å²) in [6.45, 7) is 1.73. The zero-order chi connectivity index (χ0) is 18.5. The van der Waals surface area contributed by atoms with Gasteiger partial charge in [0.05, 0.1) is 11.3 Å². The number of carbonyl (C=O) groups is 1. The van der Waals surface area contributed by atoms with Crippen molar-refractivity contribution in [2.24, 2.45) is 5.10 Å². The minimum atomic E-state index is -0.432. The lowest BCUT2D eigenvalue weighted by Crippen LogP contribution is -2.22. The number of phenols is 2. The number of carbonyl (C=O) groups excluding carboxylic acids is 1. The van der Waals surface area contributed by atoms with E-state index in [-0.39, 0.29) is 17.2 Å². The molecule has 0 atom stereocenters. The van der Waals surface area contributed by atoms with Crippen molar-refractivity contribution in [1.29, 1.82) is 0 Å². The second-order valence-corrected chi connectivity index (χ2v) is 5.57. The van der Waals surface area contributed by atoms with Gasteiger partial charge in [-0.2, -0.15) is 5.10 Å². The lowest BCUT2D eigenvalue weighted by Gasteiger charge is -2.11. The molecule has 3 N–H and O–H groups in total. The van der Waals surface area contributed by atoms with Crippen LogP contribution in [-0.2, 0) is 0 Å². The minimum absolute atomic E-state index is 0.0127. The van der Waals surface area contributed by atoms with Crippen LogP contribution in [0.4, 0.5) is 0 Å². The van der Waals surface area contributed by atoms with Gasteiger partial charge in [0.25, 0.3) is 5.91 Å². The molecular formula is C20H17N3O3. The number of aryl methyl sites for hydroxylation is 1. The number of hydrazone groups is 1. The molecule has 0 radical (unpaired) electrons. The number of aromatic hydroxyl groups is 2. The quantitative estimate of drug-likeness (QED) is 0.499. The Hall–Kier alpha value is -3.67. The maximum Gasteiger partial charge on any atom is 0.273 e. The molecule has 0 unspecified atom stereocenters. The first-order valence-electron chi connectivity index (χ1n) is 7.94. The summed E-state index contributed by atoms with van der Waals surface area (Å²) in [6, 6.07) is 16.5. The molecule has 3 rings (SSSR count). The average molecular weight is 347 g/mol. The molecule has 0 bridgehead atoms. The number of amides is 1. The van der Waals surface area contributed by atoms with E-state index < -0.39 is 5.91 Å². The first kappa shape index (κ1) is 17.2. The van der Waals surface area contributed by atoms with E-state index in [2.05, 4.69) is 15.5 Å². The minimum Gasteiger partial charge on any atom is -0.507 e. The van der Waals surface area contributed by atoms with E-state index in [0.717, 1.165) is 0 Å². The molecule has 1 heterocycles. The normalized spacial score (nSPS) is 10.2. The lowest BCUT2D eigenvalue weighted by molar-refractivity contribution is 0.0954. The number of rotatable bonds is 4. The van der Waals surface area contributed by atoms with Gasteiger partial charge in [0.2, 0.25) is 0 Å². The molecule has 0 fully saturated rings. The molecule has 130 valence electrons. The third-order valence-corrected chi connectivity index (χ3v) is 3.84. The fourth-order valence-corrected chi connectivity index (χ4v) is 2.50. The highest BCUT2D eigenvalue weighted by molar-refractivity contribution is 6.16. The standard InChI is InChI=1S/C20H17N3O3/c1-13-14(9-6-12-21-13)20(26)23-22-19(15-7-2-4-10-17(15)24)16-8-3-5-11-18(16)25/h2-12,24-25H,1H3,(H,23,26). The number of nitrogens with one attached hydrogen (secondary N) is 1. The van der Waals surface area contributed by atoms with Crippen LogP contribution < -0.4 is 5.43 Å². The van der Waals surface area contributed by atoms with Gasteiger partial charge < -0.3 is 10.2 Å². The van der Waals surface area contributed by atoms with Crippen LogP contribution >= 0.6 is 0 Å². The molecular weight excluding hydrogens is 330 g/mol. The Morgan fingerprint density at radius 2 is 1.42 bits per heavy atom. The van der Waals surface area contributed by atoms with Crippen molar-refractivity contribution in [3.05, 3.63) is 89.2 Å². The van der Waals surface area contributed by atoms with Crippen LogP contribution in [0.2, 0.25) is 0 Å². The van der Waals surface area contributed by atoms with E-state index in [1.165, 1.54) is 12.1 Å². The Bertz CT molecular complexity index is 936. The Kier molecular flexibility index (Phi) is 4.94. The van der Waals surface area contributed by atoms with Crippen LogP contribution in [0.25, 0.3) is 0 Å². The first-order valence-corrected chi connectivity index (χ1v) is 7.94. The van der Waals surface area contributed by atoms with E-state index in [9.17, 15) is 15.0 Å². The third-order valence-electron chi connectivity index (χ3n) is 3.84. The molecule has 0 aliphatic carbocycles. The second-order valence-electron chi connectivity index (χ2n) is 5.57. The summed E-state index contributed by atoms with van der Waals surface area (Å²) in [7, 11) is 0. The molecule has 3 aromatic rings. The van der Waals surface area contributed by atoms with Gasteiger partial charge in [0.15, 0.2) is 0 Å². The molecule has 0 spiro atoms. The van der Waals surface area contributed by atoms with Crippen molar-refractivity contribution in [1.82, 2.24) is 10.4 Å². The summed E-state index contributed by atoms with van der Waals surface area (Å²) in [4.78, 5) is 16.5. The molecule has 1 aromatic heterocycles. The van der Waals surface area contributed by atoms with Crippen molar-refractivity contribution in [3.8, 4) is 11.5 Å². The molecule has 0 saturated carbocycles. The van der Waals surface area contributed by atoms with Crippen LogP contribution in [0.5, 0.6) is 11.5 Å². The van der Waals surface area contributed by atoms with Crippen LogP contribution in [-0.4, -0.2) is 26.8 Å². The zero-order valence-electron chi connectivity index (χ0n) is 14.0. The number of para-hydroxylation sites is 2. The molecule has 1 amide bonds. The van der Waals surface area contributed by atoms with Gasteiger partial charge in [0, 0.05) is 17.3 Å². The molecule has 6 nitrogen and oxygen atoms in total. The van der Waals surface area contributed by atoms with Crippen LogP contribution in [0, 0.1) is 6.92 Å². The van der Waals surface area contributed by atoms with Gasteiger partial charge >= 0.3 is 0 Å². The summed E-state index contributed by atoms with van der Waals surface area (Å²) >= 11 is 0. The van der Waals surface area contributed by atoms with E-state index in [0.29, 0.717) is 22.4 Å². The summed E-state index contributed by atoms with van der Waals surface area (Å²) < 4.78 is 0. The summed E-state index contributed by atoms with van der Waals surface area (Å²) in [5.41, 5.74) is 4.47. The predicted octanol–water partition coefficient (Wildman–Crippen LogP) is 2.98. The number of aromatic nitrogens is 1.